The maximum Gasteiger partial charge on any atom is 0.414 e. The molecule has 2 aliphatic heterocycles. The summed E-state index contributed by atoms with van der Waals surface area (Å²) >= 11 is 10.5. The van der Waals surface area contributed by atoms with Crippen molar-refractivity contribution in [3.63, 3.8) is 0 Å². The summed E-state index contributed by atoms with van der Waals surface area (Å²) in [5.74, 6) is -0.372. The van der Waals surface area contributed by atoms with E-state index in [0.717, 1.165) is 5.57 Å². The average molecular weight is 472 g/mol. The van der Waals surface area contributed by atoms with Gasteiger partial charge in [0.05, 0.1) is 30.0 Å². The van der Waals surface area contributed by atoms with E-state index in [1.54, 1.807) is 37.6 Å². The summed E-state index contributed by atoms with van der Waals surface area (Å²) in [7, 11) is 0. The van der Waals surface area contributed by atoms with Crippen LogP contribution >= 0.6 is 24.4 Å². The minimum absolute atomic E-state index is 0.338. The molecule has 1 amide bonds. The van der Waals surface area contributed by atoms with Crippen LogP contribution in [0.3, 0.4) is 0 Å². The van der Waals surface area contributed by atoms with E-state index < -0.39 is 6.09 Å². The Kier molecular flexibility index (Phi) is 6.71. The van der Waals surface area contributed by atoms with E-state index in [0.29, 0.717) is 59.5 Å². The van der Waals surface area contributed by atoms with Crippen LogP contribution in [-0.2, 0) is 4.74 Å². The molecule has 1 N–H and O–H groups in total. The Labute approximate surface area is 196 Å². The molecule has 0 radical (unpaired) electrons. The third kappa shape index (κ3) is 4.91. The number of hydrogen-bond acceptors (Lipinski definition) is 6. The van der Waals surface area contributed by atoms with Crippen LogP contribution in [0.1, 0.15) is 24.6 Å². The number of benzene rings is 1. The lowest BCUT2D eigenvalue weighted by atomic mass is 9.98. The number of nitrogens with one attached hydrogen (secondary N) is 1. The summed E-state index contributed by atoms with van der Waals surface area (Å²) in [5, 5.41) is 2.99. The summed E-state index contributed by atoms with van der Waals surface area (Å²) in [6, 6.07) is 4.85. The van der Waals surface area contributed by atoms with Crippen LogP contribution in [0, 0.1) is 5.82 Å². The van der Waals surface area contributed by atoms with E-state index >= 15 is 0 Å². The molecule has 1 aromatic carbocycles. The minimum atomic E-state index is -0.490. The number of ether oxygens (including phenoxy) is 1. The van der Waals surface area contributed by atoms with Crippen molar-refractivity contribution in [3.05, 3.63) is 59.9 Å². The number of amides is 1. The number of thiocarbonyl (C=S) groups is 2. The summed E-state index contributed by atoms with van der Waals surface area (Å²) in [5.41, 5.74) is 2.57. The van der Waals surface area contributed by atoms with Crippen LogP contribution in [0.2, 0.25) is 0 Å². The smallest absolute Gasteiger partial charge is 0.414 e. The van der Waals surface area contributed by atoms with Gasteiger partial charge in [-0.15, -0.1) is 0 Å². The number of halogens is 1. The Hall–Kier alpha value is -2.98. The number of anilines is 1. The zero-order valence-corrected chi connectivity index (χ0v) is 19.1. The fourth-order valence-electron chi connectivity index (χ4n) is 3.70. The maximum atomic E-state index is 15.0. The second kappa shape index (κ2) is 9.66. The predicted octanol–water partition coefficient (Wildman–Crippen LogP) is 3.34. The zero-order chi connectivity index (χ0) is 22.7. The fourth-order valence-corrected chi connectivity index (χ4v) is 4.05. The minimum Gasteiger partial charge on any atom is -0.442 e. The van der Waals surface area contributed by atoms with Gasteiger partial charge >= 0.3 is 6.09 Å². The number of aromatic nitrogens is 2. The van der Waals surface area contributed by atoms with E-state index in [-0.39, 0.29) is 11.9 Å². The molecule has 7 nitrogen and oxygen atoms in total. The van der Waals surface area contributed by atoms with Crippen molar-refractivity contribution in [1.29, 1.82) is 0 Å². The summed E-state index contributed by atoms with van der Waals surface area (Å²) < 4.78 is 20.3. The lowest BCUT2D eigenvalue weighted by molar-refractivity contribution is 0.143. The first-order valence-corrected chi connectivity index (χ1v) is 11.0. The Bertz CT molecular complexity index is 1080. The quantitative estimate of drug-likeness (QED) is 0.666. The van der Waals surface area contributed by atoms with Gasteiger partial charge < -0.3 is 15.0 Å². The number of hydrogen-bond donors (Lipinski definition) is 1. The van der Waals surface area contributed by atoms with Crippen LogP contribution in [0.5, 0.6) is 0 Å². The number of cyclic esters (lactones) is 1. The summed E-state index contributed by atoms with van der Waals surface area (Å²) in [6.07, 6.45) is 6.64. The van der Waals surface area contributed by atoms with Crippen molar-refractivity contribution >= 4 is 51.8 Å². The van der Waals surface area contributed by atoms with Crippen LogP contribution in [0.4, 0.5) is 14.9 Å². The molecule has 2 aliphatic rings. The summed E-state index contributed by atoms with van der Waals surface area (Å²) in [6.45, 7) is 3.76. The van der Waals surface area contributed by atoms with Crippen molar-refractivity contribution < 1.29 is 13.9 Å². The Morgan fingerprint density at radius 1 is 1.34 bits per heavy atom. The van der Waals surface area contributed by atoms with Crippen molar-refractivity contribution in [2.24, 2.45) is 0 Å². The molecule has 10 heteroatoms. The number of rotatable bonds is 5. The molecular formula is C22H22FN5O2S2. The third-order valence-electron chi connectivity index (χ3n) is 5.34. The average Bonchev–Trinajstić information content (AvgIpc) is 3.18. The van der Waals surface area contributed by atoms with Gasteiger partial charge in [0.1, 0.15) is 22.6 Å². The lowest BCUT2D eigenvalue weighted by Gasteiger charge is -2.28. The highest BCUT2D eigenvalue weighted by atomic mass is 32.1. The highest BCUT2D eigenvalue weighted by molar-refractivity contribution is 7.80. The molecule has 3 heterocycles. The van der Waals surface area contributed by atoms with E-state index in [2.05, 4.69) is 15.3 Å². The van der Waals surface area contributed by atoms with Gasteiger partial charge in [-0.3, -0.25) is 14.9 Å². The maximum absolute atomic E-state index is 15.0. The standard InChI is InChI=1S/C22H22FN5O2S2/c1-14(31)26-11-17-13-28(22(29)30-17)16-2-3-18(19(23)10-16)15-4-8-27(9-5-15)21(32)20-12-24-6-7-25-20/h2-4,6-7,10,12,17H,5,8-9,11,13H2,1H3,(H,26,31)/t17-/m0/s1. The first-order chi connectivity index (χ1) is 15.4. The van der Waals surface area contributed by atoms with Gasteiger partial charge in [-0.1, -0.05) is 30.5 Å². The van der Waals surface area contributed by atoms with Crippen molar-refractivity contribution in [3.8, 4) is 0 Å². The molecule has 1 fully saturated rings. The second-order valence-electron chi connectivity index (χ2n) is 7.54. The van der Waals surface area contributed by atoms with Crippen molar-refractivity contribution in [1.82, 2.24) is 20.2 Å². The van der Waals surface area contributed by atoms with Gasteiger partial charge in [0.25, 0.3) is 0 Å². The van der Waals surface area contributed by atoms with Crippen LogP contribution < -0.4 is 10.2 Å². The van der Waals surface area contributed by atoms with Crippen LogP contribution in [0.25, 0.3) is 5.57 Å². The van der Waals surface area contributed by atoms with Gasteiger partial charge in [-0.2, -0.15) is 0 Å². The normalized spacial score (nSPS) is 18.2. The molecule has 0 spiro atoms. The Morgan fingerprint density at radius 3 is 2.84 bits per heavy atom. The number of carbonyl (C=O) groups excluding carboxylic acids is 1. The van der Waals surface area contributed by atoms with E-state index in [9.17, 15) is 9.18 Å². The zero-order valence-electron chi connectivity index (χ0n) is 17.5. The fraction of sp³-hybridized carbons (Fsp3) is 0.318. The monoisotopic (exact) mass is 471 g/mol. The molecule has 1 atom stereocenters. The SMILES string of the molecule is CC(=S)NC[C@H]1CN(c2ccc(C3=CCN(C(=S)c4cnccn4)CC3)c(F)c2)C(=O)O1. The largest absolute Gasteiger partial charge is 0.442 e. The Balaban J connectivity index is 1.43. The van der Waals surface area contributed by atoms with Gasteiger partial charge in [0.2, 0.25) is 0 Å². The first kappa shape index (κ1) is 22.2. The molecular weight excluding hydrogens is 449 g/mol. The topological polar surface area (TPSA) is 70.6 Å². The van der Waals surface area contributed by atoms with Crippen LogP contribution in [0.15, 0.2) is 42.9 Å². The number of carbonyl (C=O) groups is 1. The molecule has 0 aliphatic carbocycles. The molecule has 1 aromatic heterocycles. The highest BCUT2D eigenvalue weighted by Gasteiger charge is 2.32. The van der Waals surface area contributed by atoms with E-state index in [1.807, 2.05) is 11.0 Å². The van der Waals surface area contributed by atoms with Crippen LogP contribution in [-0.4, -0.2) is 63.2 Å². The second-order valence-corrected chi connectivity index (χ2v) is 8.54. The molecule has 0 bridgehead atoms. The van der Waals surface area contributed by atoms with Gasteiger partial charge in [-0.25, -0.2) is 9.18 Å². The lowest BCUT2D eigenvalue weighted by Crippen LogP contribution is -2.34. The third-order valence-corrected chi connectivity index (χ3v) is 5.95. The van der Waals surface area contributed by atoms with E-state index in [1.165, 1.54) is 11.0 Å². The molecule has 4 rings (SSSR count). The molecule has 0 unspecified atom stereocenters. The van der Waals surface area contributed by atoms with Crippen molar-refractivity contribution in [2.45, 2.75) is 19.4 Å². The Morgan fingerprint density at radius 2 is 2.19 bits per heavy atom. The number of nitrogens with zero attached hydrogens (tertiary/aromatic N) is 4. The summed E-state index contributed by atoms with van der Waals surface area (Å²) in [4.78, 5) is 25.2. The predicted molar refractivity (Wildman–Crippen MR) is 128 cm³/mol. The molecule has 166 valence electrons. The van der Waals surface area contributed by atoms with Gasteiger partial charge in [-0.05, 0) is 37.1 Å². The molecule has 1 saturated heterocycles. The van der Waals surface area contributed by atoms with Crippen molar-refractivity contribution in [2.75, 3.05) is 31.1 Å². The van der Waals surface area contributed by atoms with E-state index in [4.69, 9.17) is 29.2 Å². The first-order valence-electron chi connectivity index (χ1n) is 10.2. The van der Waals surface area contributed by atoms with Gasteiger partial charge in [0, 0.05) is 31.0 Å². The van der Waals surface area contributed by atoms with Gasteiger partial charge in [0.15, 0.2) is 0 Å². The molecule has 32 heavy (non-hydrogen) atoms. The molecule has 0 saturated carbocycles. The molecule has 2 aromatic rings. The highest BCUT2D eigenvalue weighted by Crippen LogP contribution is 2.30.